The lowest BCUT2D eigenvalue weighted by molar-refractivity contribution is 0.0983. The second kappa shape index (κ2) is 4.73. The van der Waals surface area contributed by atoms with Crippen LogP contribution in [0.3, 0.4) is 0 Å². The van der Waals surface area contributed by atoms with Gasteiger partial charge in [0.25, 0.3) is 11.7 Å². The molecule has 2 aromatic heterocycles. The zero-order chi connectivity index (χ0) is 14.1. The highest BCUT2D eigenvalue weighted by atomic mass is 16.2. The highest BCUT2D eigenvalue weighted by molar-refractivity contribution is 6.03. The predicted molar refractivity (Wildman–Crippen MR) is 74.7 cm³/mol. The minimum absolute atomic E-state index is 0.137. The van der Waals surface area contributed by atoms with Gasteiger partial charge in [-0.25, -0.2) is 9.50 Å². The van der Waals surface area contributed by atoms with Crippen molar-refractivity contribution in [2.45, 2.75) is 6.92 Å². The summed E-state index contributed by atoms with van der Waals surface area (Å²) in [7, 11) is 1.70. The van der Waals surface area contributed by atoms with Gasteiger partial charge >= 0.3 is 0 Å². The van der Waals surface area contributed by atoms with Crippen molar-refractivity contribution >= 4 is 17.4 Å². The molecule has 0 atom stereocenters. The molecular formula is C14H13N5O. The summed E-state index contributed by atoms with van der Waals surface area (Å²) in [5, 5.41) is 4.21. The van der Waals surface area contributed by atoms with E-state index in [2.05, 4.69) is 15.1 Å². The number of hydrogen-bond acceptors (Lipinski definition) is 4. The van der Waals surface area contributed by atoms with Gasteiger partial charge in [-0.05, 0) is 25.1 Å². The van der Waals surface area contributed by atoms with E-state index < -0.39 is 0 Å². The highest BCUT2D eigenvalue weighted by Crippen LogP contribution is 2.13. The van der Waals surface area contributed by atoms with Crippen LogP contribution in [0.4, 0.5) is 5.69 Å². The van der Waals surface area contributed by atoms with Crippen LogP contribution in [0.5, 0.6) is 0 Å². The molecule has 0 unspecified atom stereocenters. The van der Waals surface area contributed by atoms with Crippen molar-refractivity contribution in [2.75, 3.05) is 11.9 Å². The molecule has 0 N–H and O–H groups in total. The predicted octanol–water partition coefficient (Wildman–Crippen LogP) is 1.71. The Labute approximate surface area is 115 Å². The molecule has 0 saturated heterocycles. The lowest BCUT2D eigenvalue weighted by Gasteiger charge is -2.14. The summed E-state index contributed by atoms with van der Waals surface area (Å²) in [4.78, 5) is 22.2. The van der Waals surface area contributed by atoms with Gasteiger partial charge in [0.05, 0.1) is 0 Å². The third-order valence-electron chi connectivity index (χ3n) is 3.07. The first-order valence-electron chi connectivity index (χ1n) is 6.18. The minimum Gasteiger partial charge on any atom is -0.309 e. The number of para-hydroxylation sites is 1. The summed E-state index contributed by atoms with van der Waals surface area (Å²) in [5.74, 6) is 0.300. The molecule has 3 rings (SSSR count). The number of fused-ring (bicyclic) bond motifs is 1. The van der Waals surface area contributed by atoms with E-state index in [1.807, 2.05) is 43.3 Å². The molecule has 1 amide bonds. The summed E-state index contributed by atoms with van der Waals surface area (Å²) >= 11 is 0. The number of anilines is 1. The van der Waals surface area contributed by atoms with Gasteiger partial charge < -0.3 is 4.90 Å². The molecule has 2 heterocycles. The summed E-state index contributed by atoms with van der Waals surface area (Å²) in [6.07, 6.45) is 1.65. The van der Waals surface area contributed by atoms with E-state index in [9.17, 15) is 4.79 Å². The molecule has 0 spiro atoms. The van der Waals surface area contributed by atoms with Gasteiger partial charge in [0, 0.05) is 24.6 Å². The maximum Gasteiger partial charge on any atom is 0.297 e. The number of amides is 1. The normalized spacial score (nSPS) is 10.7. The Kier molecular flexibility index (Phi) is 2.90. The van der Waals surface area contributed by atoms with Crippen LogP contribution in [-0.4, -0.2) is 32.5 Å². The van der Waals surface area contributed by atoms with Crippen LogP contribution < -0.4 is 4.90 Å². The molecule has 0 aliphatic carbocycles. The van der Waals surface area contributed by atoms with E-state index in [-0.39, 0.29) is 11.7 Å². The van der Waals surface area contributed by atoms with Gasteiger partial charge in [-0.1, -0.05) is 18.2 Å². The number of carbonyl (C=O) groups excluding carboxylic acids is 1. The van der Waals surface area contributed by atoms with Crippen molar-refractivity contribution in [2.24, 2.45) is 0 Å². The fourth-order valence-electron chi connectivity index (χ4n) is 1.92. The van der Waals surface area contributed by atoms with Crippen LogP contribution >= 0.6 is 0 Å². The Morgan fingerprint density at radius 2 is 1.95 bits per heavy atom. The van der Waals surface area contributed by atoms with Crippen LogP contribution in [0, 0.1) is 6.92 Å². The Balaban J connectivity index is 1.99. The largest absolute Gasteiger partial charge is 0.309 e. The molecule has 0 saturated carbocycles. The van der Waals surface area contributed by atoms with Gasteiger partial charge in [-0.15, -0.1) is 5.10 Å². The van der Waals surface area contributed by atoms with Crippen LogP contribution in [0.2, 0.25) is 0 Å². The molecular weight excluding hydrogens is 254 g/mol. The fraction of sp³-hybridized carbons (Fsp3) is 0.143. The first-order valence-corrected chi connectivity index (χ1v) is 6.18. The third kappa shape index (κ3) is 2.01. The monoisotopic (exact) mass is 267 g/mol. The van der Waals surface area contributed by atoms with Crippen molar-refractivity contribution in [1.82, 2.24) is 19.6 Å². The van der Waals surface area contributed by atoms with Crippen molar-refractivity contribution < 1.29 is 4.79 Å². The number of nitrogens with zero attached hydrogens (tertiary/aromatic N) is 5. The van der Waals surface area contributed by atoms with Gasteiger partial charge in [-0.2, -0.15) is 4.98 Å². The van der Waals surface area contributed by atoms with Crippen LogP contribution in [0.15, 0.2) is 42.6 Å². The fourth-order valence-corrected chi connectivity index (χ4v) is 1.92. The minimum atomic E-state index is -0.263. The average molecular weight is 267 g/mol. The number of aromatic nitrogens is 4. The molecule has 100 valence electrons. The van der Waals surface area contributed by atoms with Gasteiger partial charge in [0.15, 0.2) is 0 Å². The number of aryl methyl sites for hydroxylation is 1. The molecule has 0 radical (unpaired) electrons. The van der Waals surface area contributed by atoms with Crippen LogP contribution in [0.25, 0.3) is 5.78 Å². The Hall–Kier alpha value is -2.76. The molecule has 0 aliphatic heterocycles. The Bertz CT molecular complexity index is 766. The standard InChI is InChI=1S/C14H13N5O/c1-10-8-9-15-14-16-12(17-19(10)14)13(20)18(2)11-6-4-3-5-7-11/h3-9H,1-2H3. The second-order valence-electron chi connectivity index (χ2n) is 4.43. The lowest BCUT2D eigenvalue weighted by Crippen LogP contribution is -2.27. The van der Waals surface area contributed by atoms with E-state index in [4.69, 9.17) is 0 Å². The molecule has 1 aromatic carbocycles. The number of benzene rings is 1. The maximum atomic E-state index is 12.4. The second-order valence-corrected chi connectivity index (χ2v) is 4.43. The smallest absolute Gasteiger partial charge is 0.297 e. The summed E-state index contributed by atoms with van der Waals surface area (Å²) in [6.45, 7) is 1.89. The Morgan fingerprint density at radius 3 is 2.65 bits per heavy atom. The summed E-state index contributed by atoms with van der Waals surface area (Å²) in [6, 6.07) is 11.2. The molecule has 3 aromatic rings. The van der Waals surface area contributed by atoms with Crippen molar-refractivity contribution in [3.05, 3.63) is 54.1 Å². The van der Waals surface area contributed by atoms with E-state index in [0.717, 1.165) is 11.4 Å². The van der Waals surface area contributed by atoms with Crippen molar-refractivity contribution in [3.63, 3.8) is 0 Å². The van der Waals surface area contributed by atoms with E-state index in [1.165, 1.54) is 4.90 Å². The lowest BCUT2D eigenvalue weighted by atomic mass is 10.3. The molecule has 0 bridgehead atoms. The summed E-state index contributed by atoms with van der Waals surface area (Å²) in [5.41, 5.74) is 1.67. The quantitative estimate of drug-likeness (QED) is 0.709. The molecule has 6 nitrogen and oxygen atoms in total. The molecule has 6 heteroatoms. The van der Waals surface area contributed by atoms with Gasteiger partial charge in [0.2, 0.25) is 5.82 Å². The first kappa shape index (κ1) is 12.3. The molecule has 0 fully saturated rings. The van der Waals surface area contributed by atoms with E-state index >= 15 is 0 Å². The highest BCUT2D eigenvalue weighted by Gasteiger charge is 2.19. The maximum absolute atomic E-state index is 12.4. The van der Waals surface area contributed by atoms with E-state index in [0.29, 0.717) is 5.78 Å². The number of carbonyl (C=O) groups is 1. The third-order valence-corrected chi connectivity index (χ3v) is 3.07. The van der Waals surface area contributed by atoms with Crippen LogP contribution in [-0.2, 0) is 0 Å². The zero-order valence-corrected chi connectivity index (χ0v) is 11.2. The summed E-state index contributed by atoms with van der Waals surface area (Å²) < 4.78 is 1.56. The van der Waals surface area contributed by atoms with E-state index in [1.54, 1.807) is 17.8 Å². The molecule has 20 heavy (non-hydrogen) atoms. The number of rotatable bonds is 2. The van der Waals surface area contributed by atoms with Crippen molar-refractivity contribution in [1.29, 1.82) is 0 Å². The SMILES string of the molecule is Cc1ccnc2nc(C(=O)N(C)c3ccccc3)nn12. The Morgan fingerprint density at radius 1 is 1.20 bits per heavy atom. The van der Waals surface area contributed by atoms with Crippen LogP contribution in [0.1, 0.15) is 16.3 Å². The first-order chi connectivity index (χ1) is 9.66. The van der Waals surface area contributed by atoms with Gasteiger partial charge in [0.1, 0.15) is 0 Å². The van der Waals surface area contributed by atoms with Crippen molar-refractivity contribution in [3.8, 4) is 0 Å². The van der Waals surface area contributed by atoms with Gasteiger partial charge in [-0.3, -0.25) is 4.79 Å². The topological polar surface area (TPSA) is 63.4 Å². The zero-order valence-electron chi connectivity index (χ0n) is 11.2. The average Bonchev–Trinajstić information content (AvgIpc) is 2.92. The number of hydrogen-bond donors (Lipinski definition) is 0. The molecule has 0 aliphatic rings.